The van der Waals surface area contributed by atoms with Crippen LogP contribution in [0.25, 0.3) is 0 Å². The second kappa shape index (κ2) is 2.56. The molecule has 0 radical (unpaired) electrons. The van der Waals surface area contributed by atoms with Crippen LogP contribution in [0.1, 0.15) is 19.3 Å². The molecule has 1 spiro atoms. The van der Waals surface area contributed by atoms with Gasteiger partial charge in [-0.05, 0) is 25.0 Å². The third-order valence-electron chi connectivity index (χ3n) is 3.29. The fourth-order valence-electron chi connectivity index (χ4n) is 2.44. The van der Waals surface area contributed by atoms with E-state index < -0.39 is 0 Å². The summed E-state index contributed by atoms with van der Waals surface area (Å²) >= 11 is 2.05. The molecule has 13 heavy (non-hydrogen) atoms. The smallest absolute Gasteiger partial charge is 0.192 e. The zero-order valence-corrected chi connectivity index (χ0v) is 8.52. The maximum Gasteiger partial charge on any atom is 0.192 e. The highest BCUT2D eigenvalue weighted by Gasteiger charge is 2.50. The predicted molar refractivity (Wildman–Crippen MR) is 56.0 cm³/mol. The van der Waals surface area contributed by atoms with Gasteiger partial charge in [-0.1, -0.05) is 0 Å². The van der Waals surface area contributed by atoms with Gasteiger partial charge in [-0.2, -0.15) is 11.8 Å². The zero-order valence-electron chi connectivity index (χ0n) is 7.70. The van der Waals surface area contributed by atoms with Crippen LogP contribution in [0.3, 0.4) is 0 Å². The zero-order chi connectivity index (χ0) is 8.89. The van der Waals surface area contributed by atoms with Crippen LogP contribution in [0.15, 0.2) is 4.99 Å². The number of thioether (sulfide) groups is 1. The Hall–Kier alpha value is -0.380. The van der Waals surface area contributed by atoms with Crippen LogP contribution in [0.2, 0.25) is 0 Å². The van der Waals surface area contributed by atoms with Crippen molar-refractivity contribution in [3.05, 3.63) is 0 Å². The topological polar surface area (TPSA) is 41.6 Å². The predicted octanol–water partition coefficient (Wildman–Crippen LogP) is 0.655. The molecular weight excluding hydrogens is 182 g/mol. The molecule has 1 unspecified atom stereocenters. The van der Waals surface area contributed by atoms with Crippen molar-refractivity contribution >= 4 is 17.7 Å². The first kappa shape index (κ1) is 7.97. The molecule has 72 valence electrons. The number of hydrogen-bond donors (Lipinski definition) is 1. The van der Waals surface area contributed by atoms with E-state index in [0.29, 0.717) is 5.54 Å². The van der Waals surface area contributed by atoms with E-state index in [9.17, 15) is 0 Å². The van der Waals surface area contributed by atoms with Crippen LogP contribution in [0.4, 0.5) is 0 Å². The number of nitrogens with zero attached hydrogens (tertiary/aromatic N) is 2. The Morgan fingerprint density at radius 2 is 2.38 bits per heavy atom. The molecule has 0 aromatic heterocycles. The van der Waals surface area contributed by atoms with Crippen molar-refractivity contribution < 1.29 is 0 Å². The molecule has 1 saturated carbocycles. The molecule has 2 N–H and O–H groups in total. The third kappa shape index (κ3) is 1.08. The van der Waals surface area contributed by atoms with E-state index in [1.807, 2.05) is 0 Å². The number of nitrogens with two attached hydrogens (primary N) is 1. The number of guanidine groups is 1. The molecule has 1 aliphatic carbocycles. The minimum Gasteiger partial charge on any atom is -0.370 e. The summed E-state index contributed by atoms with van der Waals surface area (Å²) < 4.78 is 0. The van der Waals surface area contributed by atoms with E-state index in [4.69, 9.17) is 5.73 Å². The lowest BCUT2D eigenvalue weighted by molar-refractivity contribution is 0.221. The Kier molecular flexibility index (Phi) is 1.57. The lowest BCUT2D eigenvalue weighted by Gasteiger charge is -2.35. The van der Waals surface area contributed by atoms with Crippen molar-refractivity contribution in [2.24, 2.45) is 10.7 Å². The highest BCUT2D eigenvalue weighted by atomic mass is 32.2. The van der Waals surface area contributed by atoms with Gasteiger partial charge in [-0.15, -0.1) is 0 Å². The summed E-state index contributed by atoms with van der Waals surface area (Å²) in [5.74, 6) is 3.32. The van der Waals surface area contributed by atoms with Gasteiger partial charge in [0.1, 0.15) is 0 Å². The maximum atomic E-state index is 5.94. The lowest BCUT2D eigenvalue weighted by Crippen LogP contribution is -2.52. The second-order valence-corrected chi connectivity index (χ2v) is 5.41. The first-order valence-electron chi connectivity index (χ1n) is 4.99. The van der Waals surface area contributed by atoms with Crippen molar-refractivity contribution in [1.82, 2.24) is 4.90 Å². The van der Waals surface area contributed by atoms with Gasteiger partial charge in [0, 0.05) is 11.8 Å². The molecule has 1 saturated heterocycles. The summed E-state index contributed by atoms with van der Waals surface area (Å²) in [6.45, 7) is 0.947. The van der Waals surface area contributed by atoms with Gasteiger partial charge in [0.25, 0.3) is 0 Å². The lowest BCUT2D eigenvalue weighted by atomic mass is 9.98. The van der Waals surface area contributed by atoms with Crippen LogP contribution in [0.5, 0.6) is 0 Å². The van der Waals surface area contributed by atoms with Gasteiger partial charge >= 0.3 is 0 Å². The van der Waals surface area contributed by atoms with Crippen LogP contribution in [-0.2, 0) is 0 Å². The first-order chi connectivity index (χ1) is 6.32. The fourth-order valence-corrected chi connectivity index (χ4v) is 3.87. The fraction of sp³-hybridized carbons (Fsp3) is 0.889. The molecule has 3 aliphatic rings. The highest BCUT2D eigenvalue weighted by Crippen LogP contribution is 2.42. The summed E-state index contributed by atoms with van der Waals surface area (Å²) in [6.07, 6.45) is 3.92. The van der Waals surface area contributed by atoms with Gasteiger partial charge in [0.05, 0.1) is 12.1 Å². The Labute approximate surface area is 82.8 Å². The minimum absolute atomic E-state index is 0.329. The number of aliphatic imine (C=N–C) groups is 1. The SMILES string of the molecule is NC1=NCC2(CCSC2)N1C1CC1. The average molecular weight is 197 g/mol. The Morgan fingerprint density at radius 1 is 1.54 bits per heavy atom. The van der Waals surface area contributed by atoms with Crippen molar-refractivity contribution in [2.75, 3.05) is 18.1 Å². The molecule has 3 nitrogen and oxygen atoms in total. The Morgan fingerprint density at radius 3 is 3.00 bits per heavy atom. The van der Waals surface area contributed by atoms with Crippen LogP contribution >= 0.6 is 11.8 Å². The minimum atomic E-state index is 0.329. The van der Waals surface area contributed by atoms with Crippen molar-refractivity contribution in [1.29, 1.82) is 0 Å². The van der Waals surface area contributed by atoms with E-state index in [1.165, 1.54) is 30.8 Å². The van der Waals surface area contributed by atoms with E-state index in [1.54, 1.807) is 0 Å². The van der Waals surface area contributed by atoms with Crippen LogP contribution in [-0.4, -0.2) is 40.5 Å². The molecule has 2 heterocycles. The quantitative estimate of drug-likeness (QED) is 0.671. The number of hydrogen-bond acceptors (Lipinski definition) is 4. The summed E-state index contributed by atoms with van der Waals surface area (Å²) in [4.78, 5) is 6.84. The maximum absolute atomic E-state index is 5.94. The molecule has 0 amide bonds. The summed E-state index contributed by atoms with van der Waals surface area (Å²) in [6, 6.07) is 0.727. The molecule has 3 rings (SSSR count). The molecule has 2 aliphatic heterocycles. The summed E-state index contributed by atoms with van der Waals surface area (Å²) in [5.41, 5.74) is 6.27. The van der Waals surface area contributed by atoms with Crippen molar-refractivity contribution in [3.63, 3.8) is 0 Å². The number of rotatable bonds is 1. The molecule has 1 atom stereocenters. The van der Waals surface area contributed by atoms with Gasteiger partial charge in [0.2, 0.25) is 0 Å². The van der Waals surface area contributed by atoms with Crippen molar-refractivity contribution in [3.8, 4) is 0 Å². The van der Waals surface area contributed by atoms with E-state index >= 15 is 0 Å². The first-order valence-corrected chi connectivity index (χ1v) is 6.14. The standard InChI is InChI=1S/C9H15N3S/c10-8-11-5-9(3-4-13-6-9)12(8)7-1-2-7/h7H,1-6H2,(H2,10,11). The third-order valence-corrected chi connectivity index (χ3v) is 4.52. The molecule has 0 bridgehead atoms. The average Bonchev–Trinajstić information content (AvgIpc) is 2.75. The van der Waals surface area contributed by atoms with Crippen LogP contribution < -0.4 is 5.73 Å². The normalized spacial score (nSPS) is 38.8. The van der Waals surface area contributed by atoms with Gasteiger partial charge in [-0.3, -0.25) is 4.99 Å². The molecule has 0 aromatic rings. The highest BCUT2D eigenvalue weighted by molar-refractivity contribution is 7.99. The van der Waals surface area contributed by atoms with Gasteiger partial charge < -0.3 is 10.6 Å². The van der Waals surface area contributed by atoms with Crippen molar-refractivity contribution in [2.45, 2.75) is 30.8 Å². The molecule has 4 heteroatoms. The summed E-state index contributed by atoms with van der Waals surface area (Å²) in [5, 5.41) is 0. The second-order valence-electron chi connectivity index (χ2n) is 4.30. The molecular formula is C9H15N3S. The molecule has 2 fully saturated rings. The van der Waals surface area contributed by atoms with E-state index in [-0.39, 0.29) is 0 Å². The summed E-state index contributed by atoms with van der Waals surface area (Å²) in [7, 11) is 0. The monoisotopic (exact) mass is 197 g/mol. The Bertz CT molecular complexity index is 254. The Balaban J connectivity index is 1.88. The van der Waals surface area contributed by atoms with Gasteiger partial charge in [-0.25, -0.2) is 0 Å². The molecule has 0 aromatic carbocycles. The van der Waals surface area contributed by atoms with E-state index in [2.05, 4.69) is 21.7 Å². The van der Waals surface area contributed by atoms with Crippen LogP contribution in [0, 0.1) is 0 Å². The van der Waals surface area contributed by atoms with Gasteiger partial charge in [0.15, 0.2) is 5.96 Å². The largest absolute Gasteiger partial charge is 0.370 e. The van der Waals surface area contributed by atoms with E-state index in [0.717, 1.165) is 18.5 Å².